The summed E-state index contributed by atoms with van der Waals surface area (Å²) in [6, 6.07) is 3.89. The van der Waals surface area contributed by atoms with Gasteiger partial charge in [-0.2, -0.15) is 0 Å². The second-order valence-electron chi connectivity index (χ2n) is 0.885. The summed E-state index contributed by atoms with van der Waals surface area (Å²) in [4.78, 5) is 2.86. The predicted molar refractivity (Wildman–Crippen MR) is 21.5 cm³/mol. The predicted octanol–water partition coefficient (Wildman–Crippen LogP) is 0.893. The SMILES string of the molecule is [O]=[Mn].c1cc[nH]c1. The van der Waals surface area contributed by atoms with E-state index in [1.807, 2.05) is 24.5 Å². The monoisotopic (exact) mass is 138 g/mol. The third-order valence-corrected chi connectivity index (χ3v) is 0.496. The van der Waals surface area contributed by atoms with Crippen LogP contribution in [0.15, 0.2) is 24.5 Å². The number of hydrogen-bond acceptors (Lipinski definition) is 1. The molecule has 0 aromatic carbocycles. The van der Waals surface area contributed by atoms with Crippen LogP contribution in [0.25, 0.3) is 0 Å². The Bertz CT molecular complexity index is 78.6. The Morgan fingerprint density at radius 3 is 1.71 bits per heavy atom. The van der Waals surface area contributed by atoms with E-state index in [0.29, 0.717) is 0 Å². The van der Waals surface area contributed by atoms with Crippen molar-refractivity contribution in [3.05, 3.63) is 24.5 Å². The van der Waals surface area contributed by atoms with E-state index in [2.05, 4.69) is 4.98 Å². The van der Waals surface area contributed by atoms with Crippen molar-refractivity contribution in [2.45, 2.75) is 0 Å². The van der Waals surface area contributed by atoms with Gasteiger partial charge in [0, 0.05) is 12.4 Å². The van der Waals surface area contributed by atoms with Crippen LogP contribution in [0.1, 0.15) is 0 Å². The molecular weight excluding hydrogens is 133 g/mol. The first-order valence-corrected chi connectivity index (χ1v) is 2.21. The molecule has 1 aromatic rings. The zero-order valence-corrected chi connectivity index (χ0v) is 4.78. The molecule has 1 heterocycles. The average molecular weight is 138 g/mol. The number of aromatic amines is 1. The maximum Gasteiger partial charge on any atom is 0.000496 e. The van der Waals surface area contributed by atoms with Gasteiger partial charge in [-0.15, -0.1) is 0 Å². The van der Waals surface area contributed by atoms with E-state index in [-0.39, 0.29) is 0 Å². The van der Waals surface area contributed by atoms with E-state index in [4.69, 9.17) is 3.83 Å². The Kier molecular flexibility index (Phi) is 5.28. The minimum atomic E-state index is 1.69. The third kappa shape index (κ3) is 3.43. The van der Waals surface area contributed by atoms with Crippen molar-refractivity contribution in [1.82, 2.24) is 4.98 Å². The molecule has 0 unspecified atom stereocenters. The van der Waals surface area contributed by atoms with E-state index < -0.39 is 0 Å². The number of H-pyrrole nitrogens is 1. The molecule has 0 aliphatic carbocycles. The summed E-state index contributed by atoms with van der Waals surface area (Å²) in [5.41, 5.74) is 0. The first-order valence-electron chi connectivity index (χ1n) is 1.73. The van der Waals surface area contributed by atoms with Crippen molar-refractivity contribution in [1.29, 1.82) is 0 Å². The van der Waals surface area contributed by atoms with Gasteiger partial charge in [0.2, 0.25) is 0 Å². The maximum atomic E-state index is 8.06. The second-order valence-corrected chi connectivity index (χ2v) is 0.885. The standard InChI is InChI=1S/C4H5N.Mn.O/c1-2-4-5-3-1;;/h1-5H;;. The van der Waals surface area contributed by atoms with Crippen molar-refractivity contribution >= 4 is 0 Å². The Hall–Kier alpha value is -0.401. The summed E-state index contributed by atoms with van der Waals surface area (Å²) in [5.74, 6) is 0. The molecule has 7 heavy (non-hydrogen) atoms. The minimum absolute atomic E-state index is 1.69. The van der Waals surface area contributed by atoms with Gasteiger partial charge in [-0.25, -0.2) is 0 Å². The molecule has 0 saturated carbocycles. The first kappa shape index (κ1) is 6.60. The molecule has 0 bridgehead atoms. The van der Waals surface area contributed by atoms with Crippen LogP contribution in [-0.2, 0) is 19.8 Å². The zero-order valence-electron chi connectivity index (χ0n) is 3.60. The average Bonchev–Trinajstić information content (AvgIpc) is 2.23. The molecule has 0 atom stereocenters. The van der Waals surface area contributed by atoms with Crippen molar-refractivity contribution < 1.29 is 19.8 Å². The summed E-state index contributed by atoms with van der Waals surface area (Å²) in [6.45, 7) is 0. The fraction of sp³-hybridized carbons (Fsp3) is 0. The van der Waals surface area contributed by atoms with Crippen LogP contribution in [0.4, 0.5) is 0 Å². The molecule has 39 valence electrons. The quantitative estimate of drug-likeness (QED) is 0.530. The number of nitrogens with one attached hydrogen (secondary N) is 1. The van der Waals surface area contributed by atoms with Gasteiger partial charge in [0.1, 0.15) is 0 Å². The summed E-state index contributed by atoms with van der Waals surface area (Å²) < 4.78 is 8.06. The topological polar surface area (TPSA) is 32.9 Å². The molecule has 2 nitrogen and oxygen atoms in total. The molecule has 0 spiro atoms. The molecular formula is C4H5MnNO. The van der Waals surface area contributed by atoms with E-state index >= 15 is 0 Å². The molecule has 0 fully saturated rings. The van der Waals surface area contributed by atoms with Crippen LogP contribution in [-0.4, -0.2) is 4.98 Å². The Balaban J connectivity index is 0.000000162. The van der Waals surface area contributed by atoms with E-state index in [1.165, 1.54) is 0 Å². The molecule has 0 aliphatic rings. The molecule has 0 saturated heterocycles. The Morgan fingerprint density at radius 2 is 1.57 bits per heavy atom. The van der Waals surface area contributed by atoms with Crippen LogP contribution in [0.2, 0.25) is 0 Å². The van der Waals surface area contributed by atoms with Crippen LogP contribution in [0.3, 0.4) is 0 Å². The van der Waals surface area contributed by atoms with Crippen molar-refractivity contribution in [3.8, 4) is 0 Å². The third-order valence-electron chi connectivity index (χ3n) is 0.496. The van der Waals surface area contributed by atoms with Gasteiger partial charge in [0.15, 0.2) is 0 Å². The number of rotatable bonds is 0. The summed E-state index contributed by atoms with van der Waals surface area (Å²) in [7, 11) is 0. The van der Waals surface area contributed by atoms with Gasteiger partial charge in [-0.3, -0.25) is 0 Å². The molecule has 3 heteroatoms. The summed E-state index contributed by atoms with van der Waals surface area (Å²) >= 11 is 1.69. The van der Waals surface area contributed by atoms with Crippen LogP contribution < -0.4 is 0 Å². The van der Waals surface area contributed by atoms with Crippen molar-refractivity contribution in [2.24, 2.45) is 0 Å². The van der Waals surface area contributed by atoms with Gasteiger partial charge >= 0.3 is 19.8 Å². The van der Waals surface area contributed by atoms with Gasteiger partial charge in [0.25, 0.3) is 0 Å². The number of hydrogen-bond donors (Lipinski definition) is 1. The van der Waals surface area contributed by atoms with Gasteiger partial charge in [0.05, 0.1) is 0 Å². The molecule has 0 radical (unpaired) electrons. The molecule has 0 aliphatic heterocycles. The smallest absolute Gasteiger partial charge is 0.000496 e. The van der Waals surface area contributed by atoms with Crippen molar-refractivity contribution in [2.75, 3.05) is 0 Å². The largest absolute Gasteiger partial charge is 0.368 e. The van der Waals surface area contributed by atoms with Gasteiger partial charge in [-0.1, -0.05) is 0 Å². The molecule has 1 rings (SSSR count). The summed E-state index contributed by atoms with van der Waals surface area (Å²) in [6.07, 6.45) is 3.75. The van der Waals surface area contributed by atoms with E-state index in [1.54, 1.807) is 15.9 Å². The van der Waals surface area contributed by atoms with Crippen LogP contribution in [0.5, 0.6) is 0 Å². The van der Waals surface area contributed by atoms with E-state index in [0.717, 1.165) is 0 Å². The van der Waals surface area contributed by atoms with E-state index in [9.17, 15) is 0 Å². The molecule has 1 N–H and O–H groups in total. The van der Waals surface area contributed by atoms with Crippen LogP contribution in [0, 0.1) is 0 Å². The fourth-order valence-electron chi connectivity index (χ4n) is 0.278. The first-order chi connectivity index (χ1) is 3.50. The normalized spacial score (nSPS) is 6.29. The molecule has 1 aromatic heterocycles. The molecule has 0 amide bonds. The van der Waals surface area contributed by atoms with Gasteiger partial charge < -0.3 is 4.98 Å². The Morgan fingerprint density at radius 1 is 1.14 bits per heavy atom. The maximum absolute atomic E-state index is 8.06. The van der Waals surface area contributed by atoms with Crippen LogP contribution >= 0.6 is 0 Å². The zero-order chi connectivity index (χ0) is 5.54. The fourth-order valence-corrected chi connectivity index (χ4v) is 0.278. The second kappa shape index (κ2) is 5.60. The number of aromatic nitrogens is 1. The van der Waals surface area contributed by atoms with Crippen molar-refractivity contribution in [3.63, 3.8) is 0 Å². The Labute approximate surface area is 50.0 Å². The van der Waals surface area contributed by atoms with Gasteiger partial charge in [-0.05, 0) is 12.1 Å². The summed E-state index contributed by atoms with van der Waals surface area (Å²) in [5, 5.41) is 0. The minimum Gasteiger partial charge on any atom is -0.368 e.